The Balaban J connectivity index is 1.74. The minimum absolute atomic E-state index is 0.0404. The van der Waals surface area contributed by atoms with Crippen molar-refractivity contribution >= 4 is 11.9 Å². The molecule has 0 aliphatic carbocycles. The van der Waals surface area contributed by atoms with Crippen molar-refractivity contribution in [2.75, 3.05) is 38.6 Å². The zero-order chi connectivity index (χ0) is 17.1. The van der Waals surface area contributed by atoms with E-state index in [-0.39, 0.29) is 11.9 Å². The third-order valence-corrected chi connectivity index (χ3v) is 4.25. The number of aryl methyl sites for hydroxylation is 1. The molecular weight excluding hydrogens is 306 g/mol. The van der Waals surface area contributed by atoms with Crippen molar-refractivity contribution in [1.29, 1.82) is 0 Å². The average Bonchev–Trinajstić information content (AvgIpc) is 3.14. The number of anilines is 1. The summed E-state index contributed by atoms with van der Waals surface area (Å²) in [6.07, 6.45) is 5.11. The zero-order valence-electron chi connectivity index (χ0n) is 14.3. The lowest BCUT2D eigenvalue weighted by Gasteiger charge is -2.22. The Kier molecular flexibility index (Phi) is 4.75. The third kappa shape index (κ3) is 3.53. The van der Waals surface area contributed by atoms with Crippen molar-refractivity contribution in [2.24, 2.45) is 13.0 Å². The molecular formula is C16H23N7O. The molecule has 0 unspecified atom stereocenters. The lowest BCUT2D eigenvalue weighted by atomic mass is 10.0. The highest BCUT2D eigenvalue weighted by atomic mass is 16.2. The summed E-state index contributed by atoms with van der Waals surface area (Å²) >= 11 is 0. The average molecular weight is 329 g/mol. The van der Waals surface area contributed by atoms with E-state index in [0.717, 1.165) is 13.1 Å². The number of aromatic nitrogens is 4. The normalized spacial score (nSPS) is 20.6. The van der Waals surface area contributed by atoms with Crippen molar-refractivity contribution in [3.8, 4) is 0 Å². The molecule has 2 atom stereocenters. The van der Waals surface area contributed by atoms with E-state index >= 15 is 0 Å². The van der Waals surface area contributed by atoms with Gasteiger partial charge in [0.25, 0.3) is 5.91 Å². The van der Waals surface area contributed by atoms with Crippen molar-refractivity contribution < 1.29 is 4.79 Å². The van der Waals surface area contributed by atoms with Crippen LogP contribution in [0.15, 0.2) is 30.7 Å². The molecule has 128 valence electrons. The minimum atomic E-state index is -0.0976. The zero-order valence-corrected chi connectivity index (χ0v) is 14.3. The van der Waals surface area contributed by atoms with Gasteiger partial charge in [-0.25, -0.2) is 9.97 Å². The Morgan fingerprint density at radius 3 is 2.67 bits per heavy atom. The number of hydrogen-bond donors (Lipinski definition) is 1. The lowest BCUT2D eigenvalue weighted by molar-refractivity contribution is 0.0918. The van der Waals surface area contributed by atoms with E-state index < -0.39 is 0 Å². The predicted molar refractivity (Wildman–Crippen MR) is 90.8 cm³/mol. The summed E-state index contributed by atoms with van der Waals surface area (Å²) in [5, 5.41) is 7.21. The first-order valence-corrected chi connectivity index (χ1v) is 8.00. The van der Waals surface area contributed by atoms with Crippen molar-refractivity contribution in [2.45, 2.75) is 6.04 Å². The van der Waals surface area contributed by atoms with E-state index in [2.05, 4.69) is 30.2 Å². The van der Waals surface area contributed by atoms with Gasteiger partial charge in [0.2, 0.25) is 5.95 Å². The maximum atomic E-state index is 12.5. The minimum Gasteiger partial charge on any atom is -0.346 e. The molecule has 24 heavy (non-hydrogen) atoms. The Labute approximate surface area is 141 Å². The lowest BCUT2D eigenvalue weighted by Crippen LogP contribution is -2.43. The smallest absolute Gasteiger partial charge is 0.269 e. The van der Waals surface area contributed by atoms with E-state index in [0.29, 0.717) is 24.1 Å². The largest absolute Gasteiger partial charge is 0.346 e. The maximum absolute atomic E-state index is 12.5. The topological polar surface area (TPSA) is 79.2 Å². The fourth-order valence-corrected chi connectivity index (χ4v) is 3.15. The van der Waals surface area contributed by atoms with Crippen LogP contribution in [0, 0.1) is 5.92 Å². The van der Waals surface area contributed by atoms with E-state index in [4.69, 9.17) is 0 Å². The Bertz CT molecular complexity index is 685. The van der Waals surface area contributed by atoms with Crippen molar-refractivity contribution in [3.05, 3.63) is 36.4 Å². The van der Waals surface area contributed by atoms with Crippen LogP contribution in [-0.2, 0) is 7.05 Å². The second-order valence-electron chi connectivity index (χ2n) is 6.40. The van der Waals surface area contributed by atoms with Crippen molar-refractivity contribution in [3.63, 3.8) is 0 Å². The van der Waals surface area contributed by atoms with Gasteiger partial charge in [-0.15, -0.1) is 0 Å². The second-order valence-corrected chi connectivity index (χ2v) is 6.40. The van der Waals surface area contributed by atoms with Gasteiger partial charge in [-0.3, -0.25) is 9.48 Å². The molecule has 1 fully saturated rings. The molecule has 1 aliphatic heterocycles. The quantitative estimate of drug-likeness (QED) is 0.832. The van der Waals surface area contributed by atoms with Crippen LogP contribution in [0.25, 0.3) is 0 Å². The van der Waals surface area contributed by atoms with Crippen LogP contribution in [-0.4, -0.2) is 70.3 Å². The fourth-order valence-electron chi connectivity index (χ4n) is 3.15. The molecule has 2 aromatic heterocycles. The van der Waals surface area contributed by atoms with E-state index in [1.54, 1.807) is 42.5 Å². The summed E-state index contributed by atoms with van der Waals surface area (Å²) in [7, 11) is 5.86. The predicted octanol–water partition coefficient (Wildman–Crippen LogP) is 0.00650. The van der Waals surface area contributed by atoms with Gasteiger partial charge in [-0.2, -0.15) is 5.10 Å². The third-order valence-electron chi connectivity index (χ3n) is 4.25. The summed E-state index contributed by atoms with van der Waals surface area (Å²) in [5.74, 6) is 0.916. The maximum Gasteiger partial charge on any atom is 0.269 e. The van der Waals surface area contributed by atoms with Gasteiger partial charge in [0, 0.05) is 51.2 Å². The Morgan fingerprint density at radius 1 is 1.29 bits per heavy atom. The number of carbonyl (C=O) groups excluding carboxylic acids is 1. The summed E-state index contributed by atoms with van der Waals surface area (Å²) in [4.78, 5) is 25.4. The fraction of sp³-hybridized carbons (Fsp3) is 0.500. The highest BCUT2D eigenvalue weighted by molar-refractivity contribution is 5.92. The molecule has 0 radical (unpaired) electrons. The number of nitrogens with zero attached hydrogens (tertiary/aromatic N) is 6. The van der Waals surface area contributed by atoms with Gasteiger partial charge in [-0.05, 0) is 26.2 Å². The first kappa shape index (κ1) is 16.4. The SMILES string of the molecule is CN(C)C[C@@H]1CN(c2ncccn2)C[C@H]1NC(=O)c1ccnn1C. The molecule has 3 rings (SSSR count). The Morgan fingerprint density at radius 2 is 2.04 bits per heavy atom. The monoisotopic (exact) mass is 329 g/mol. The highest BCUT2D eigenvalue weighted by Gasteiger charge is 2.35. The van der Waals surface area contributed by atoms with Crippen LogP contribution in [0.5, 0.6) is 0 Å². The number of carbonyl (C=O) groups is 1. The Hall–Kier alpha value is -2.48. The van der Waals surface area contributed by atoms with Crippen LogP contribution in [0.3, 0.4) is 0 Å². The summed E-state index contributed by atoms with van der Waals surface area (Å²) < 4.78 is 1.59. The number of amides is 1. The molecule has 1 saturated heterocycles. The van der Waals surface area contributed by atoms with Crippen LogP contribution in [0.4, 0.5) is 5.95 Å². The van der Waals surface area contributed by atoms with Crippen LogP contribution in [0.1, 0.15) is 10.5 Å². The van der Waals surface area contributed by atoms with Gasteiger partial charge in [0.1, 0.15) is 5.69 Å². The first-order valence-electron chi connectivity index (χ1n) is 8.00. The molecule has 2 aromatic rings. The second kappa shape index (κ2) is 6.96. The van der Waals surface area contributed by atoms with Crippen LogP contribution in [0.2, 0.25) is 0 Å². The number of nitrogens with one attached hydrogen (secondary N) is 1. The van der Waals surface area contributed by atoms with Gasteiger partial charge in [-0.1, -0.05) is 0 Å². The van der Waals surface area contributed by atoms with Gasteiger partial charge in [0.05, 0.1) is 6.04 Å². The molecule has 0 spiro atoms. The molecule has 1 N–H and O–H groups in total. The summed E-state index contributed by atoms with van der Waals surface area (Å²) in [6.45, 7) is 2.41. The van der Waals surface area contributed by atoms with Gasteiger partial charge < -0.3 is 15.1 Å². The molecule has 1 amide bonds. The standard InChI is InChI=1S/C16H23N7O/c1-21(2)9-12-10-23(16-17-6-4-7-18-16)11-13(12)20-15(24)14-5-8-19-22(14)3/h4-8,12-13H,9-11H2,1-3H3,(H,20,24)/t12-,13-/m1/s1. The summed E-state index contributed by atoms with van der Waals surface area (Å²) in [5.41, 5.74) is 0.563. The molecule has 8 nitrogen and oxygen atoms in total. The number of rotatable bonds is 5. The molecule has 0 saturated carbocycles. The molecule has 0 bridgehead atoms. The molecule has 1 aliphatic rings. The first-order chi connectivity index (χ1) is 11.5. The van der Waals surface area contributed by atoms with Gasteiger partial charge >= 0.3 is 0 Å². The summed E-state index contributed by atoms with van der Waals surface area (Å²) in [6, 6.07) is 3.57. The van der Waals surface area contributed by atoms with Crippen molar-refractivity contribution in [1.82, 2.24) is 30.0 Å². The molecule has 3 heterocycles. The van der Waals surface area contributed by atoms with Crippen LogP contribution >= 0.6 is 0 Å². The van der Waals surface area contributed by atoms with Gasteiger partial charge in [0.15, 0.2) is 0 Å². The van der Waals surface area contributed by atoms with E-state index in [1.807, 2.05) is 14.1 Å². The van der Waals surface area contributed by atoms with Crippen LogP contribution < -0.4 is 10.2 Å². The van der Waals surface area contributed by atoms with E-state index in [9.17, 15) is 4.79 Å². The number of hydrogen-bond acceptors (Lipinski definition) is 6. The molecule has 0 aromatic carbocycles. The highest BCUT2D eigenvalue weighted by Crippen LogP contribution is 2.22. The van der Waals surface area contributed by atoms with E-state index in [1.165, 1.54) is 0 Å². The molecule has 8 heteroatoms.